The lowest BCUT2D eigenvalue weighted by Gasteiger charge is -2.23. The summed E-state index contributed by atoms with van der Waals surface area (Å²) in [5.41, 5.74) is 0. The number of nitrogens with one attached hydrogen (secondary N) is 2. The molecule has 0 aromatic heterocycles. The molecule has 7 nitrogen and oxygen atoms in total. The first-order valence-corrected chi connectivity index (χ1v) is 8.20. The number of hydrogen-bond donors (Lipinski definition) is 3. The van der Waals surface area contributed by atoms with Crippen LogP contribution in [0.1, 0.15) is 26.7 Å². The molecule has 0 spiro atoms. The molecule has 0 heterocycles. The van der Waals surface area contributed by atoms with Gasteiger partial charge < -0.3 is 15.5 Å². The van der Waals surface area contributed by atoms with Gasteiger partial charge in [-0.2, -0.15) is 0 Å². The van der Waals surface area contributed by atoms with Crippen LogP contribution in [0.15, 0.2) is 0 Å². The predicted molar refractivity (Wildman–Crippen MR) is 76.4 cm³/mol. The highest BCUT2D eigenvalue weighted by atomic mass is 32.2. The van der Waals surface area contributed by atoms with Crippen molar-refractivity contribution in [1.29, 1.82) is 0 Å². The van der Waals surface area contributed by atoms with E-state index in [9.17, 15) is 13.2 Å². The zero-order valence-electron chi connectivity index (χ0n) is 12.0. The highest BCUT2D eigenvalue weighted by Crippen LogP contribution is 1.97. The number of rotatable bonds is 9. The second-order valence-corrected chi connectivity index (χ2v) is 6.38. The summed E-state index contributed by atoms with van der Waals surface area (Å²) in [6.07, 6.45) is 1.38. The van der Waals surface area contributed by atoms with E-state index >= 15 is 0 Å². The van der Waals surface area contributed by atoms with Gasteiger partial charge in [-0.1, -0.05) is 6.92 Å². The highest BCUT2D eigenvalue weighted by Gasteiger charge is 2.07. The predicted octanol–water partition coefficient (Wildman–Crippen LogP) is -0.305. The number of hydrogen-bond acceptors (Lipinski definition) is 4. The number of nitrogens with two attached hydrogens (primary N) is 1. The fraction of sp³-hybridized carbons (Fsp3) is 0.909. The van der Waals surface area contributed by atoms with Gasteiger partial charge in [-0.15, -0.1) is 0 Å². The standard InChI is InChI=1S/C11H26N4O3S/c1-4-10(2)15(3)8-7-14-11(16)13-6-5-9-19(12,17)18/h10H,4-9H2,1-3H3,(H2,12,17,18)(H2,13,14,16)/t10-/m1/s1. The van der Waals surface area contributed by atoms with Crippen molar-refractivity contribution in [3.8, 4) is 0 Å². The van der Waals surface area contributed by atoms with Crippen LogP contribution in [0.3, 0.4) is 0 Å². The molecule has 19 heavy (non-hydrogen) atoms. The molecule has 0 saturated carbocycles. The van der Waals surface area contributed by atoms with Gasteiger partial charge in [0.2, 0.25) is 10.0 Å². The first-order chi connectivity index (χ1) is 8.76. The number of urea groups is 1. The summed E-state index contributed by atoms with van der Waals surface area (Å²) in [6, 6.07) is 0.201. The molecule has 0 radical (unpaired) electrons. The fourth-order valence-electron chi connectivity index (χ4n) is 1.42. The molecular weight excluding hydrogens is 268 g/mol. The fourth-order valence-corrected chi connectivity index (χ4v) is 1.96. The van der Waals surface area contributed by atoms with Crippen LogP contribution >= 0.6 is 0 Å². The Hall–Kier alpha value is -0.860. The SMILES string of the molecule is CC[C@@H](C)N(C)CCNC(=O)NCCCS(N)(=O)=O. The molecule has 0 aliphatic heterocycles. The average Bonchev–Trinajstić information content (AvgIpc) is 2.32. The Balaban J connectivity index is 3.60. The molecular formula is C11H26N4O3S. The Morgan fingerprint density at radius 3 is 2.42 bits per heavy atom. The van der Waals surface area contributed by atoms with E-state index in [-0.39, 0.29) is 11.8 Å². The van der Waals surface area contributed by atoms with Crippen LogP contribution in [0.2, 0.25) is 0 Å². The van der Waals surface area contributed by atoms with Crippen molar-refractivity contribution in [3.05, 3.63) is 0 Å². The third kappa shape index (κ3) is 10.7. The first-order valence-electron chi connectivity index (χ1n) is 6.48. The molecule has 0 fully saturated rings. The molecule has 1 atom stereocenters. The van der Waals surface area contributed by atoms with Crippen LogP contribution in [-0.4, -0.2) is 57.8 Å². The third-order valence-corrected chi connectivity index (χ3v) is 3.84. The van der Waals surface area contributed by atoms with Crippen molar-refractivity contribution < 1.29 is 13.2 Å². The summed E-state index contributed by atoms with van der Waals surface area (Å²) in [5.74, 6) is -0.121. The molecule has 0 aromatic rings. The van der Waals surface area contributed by atoms with E-state index in [0.29, 0.717) is 25.6 Å². The Morgan fingerprint density at radius 1 is 1.32 bits per heavy atom. The van der Waals surface area contributed by atoms with Crippen LogP contribution in [0.4, 0.5) is 4.79 Å². The van der Waals surface area contributed by atoms with Gasteiger partial charge in [0.25, 0.3) is 0 Å². The van der Waals surface area contributed by atoms with Crippen molar-refractivity contribution in [2.75, 3.05) is 32.4 Å². The molecule has 2 amide bonds. The summed E-state index contributed by atoms with van der Waals surface area (Å²) >= 11 is 0. The lowest BCUT2D eigenvalue weighted by Crippen LogP contribution is -2.41. The van der Waals surface area contributed by atoms with Gasteiger partial charge in [0, 0.05) is 25.7 Å². The summed E-state index contributed by atoms with van der Waals surface area (Å²) in [4.78, 5) is 13.5. The van der Waals surface area contributed by atoms with Gasteiger partial charge in [-0.3, -0.25) is 0 Å². The second kappa shape index (κ2) is 9.11. The largest absolute Gasteiger partial charge is 0.338 e. The lowest BCUT2D eigenvalue weighted by atomic mass is 10.2. The number of carbonyl (C=O) groups excluding carboxylic acids is 1. The maximum atomic E-state index is 11.4. The summed E-state index contributed by atoms with van der Waals surface area (Å²) in [6.45, 7) is 5.88. The van der Waals surface area contributed by atoms with Crippen molar-refractivity contribution in [2.24, 2.45) is 5.14 Å². The molecule has 0 bridgehead atoms. The molecule has 4 N–H and O–H groups in total. The molecule has 8 heteroatoms. The van der Waals surface area contributed by atoms with Crippen LogP contribution in [0.5, 0.6) is 0 Å². The van der Waals surface area contributed by atoms with E-state index < -0.39 is 10.0 Å². The number of nitrogens with zero attached hydrogens (tertiary/aromatic N) is 1. The Labute approximate surface area is 116 Å². The molecule has 114 valence electrons. The Bertz CT molecular complexity index is 359. The minimum atomic E-state index is -3.44. The monoisotopic (exact) mass is 294 g/mol. The third-order valence-electron chi connectivity index (χ3n) is 2.98. The maximum absolute atomic E-state index is 11.4. The van der Waals surface area contributed by atoms with E-state index in [4.69, 9.17) is 5.14 Å². The molecule has 0 aromatic carbocycles. The Kier molecular flexibility index (Phi) is 8.70. The summed E-state index contributed by atoms with van der Waals surface area (Å²) < 4.78 is 21.3. The zero-order valence-corrected chi connectivity index (χ0v) is 12.8. The van der Waals surface area contributed by atoms with E-state index in [0.717, 1.165) is 13.0 Å². The summed E-state index contributed by atoms with van der Waals surface area (Å²) in [7, 11) is -1.43. The zero-order chi connectivity index (χ0) is 14.9. The number of sulfonamides is 1. The second-order valence-electron chi connectivity index (χ2n) is 4.64. The van der Waals surface area contributed by atoms with Gasteiger partial charge in [0.05, 0.1) is 5.75 Å². The van der Waals surface area contributed by atoms with Crippen molar-refractivity contribution >= 4 is 16.1 Å². The quantitative estimate of drug-likeness (QED) is 0.507. The number of amides is 2. The lowest BCUT2D eigenvalue weighted by molar-refractivity contribution is 0.230. The van der Waals surface area contributed by atoms with Gasteiger partial charge in [-0.05, 0) is 26.8 Å². The first kappa shape index (κ1) is 18.1. The van der Waals surface area contributed by atoms with Crippen LogP contribution in [0, 0.1) is 0 Å². The number of likely N-dealkylation sites (N-methyl/N-ethyl adjacent to an activating group) is 1. The maximum Gasteiger partial charge on any atom is 0.314 e. The van der Waals surface area contributed by atoms with E-state index in [1.54, 1.807) is 0 Å². The number of carbonyl (C=O) groups is 1. The number of primary sulfonamides is 1. The molecule has 0 saturated heterocycles. The highest BCUT2D eigenvalue weighted by molar-refractivity contribution is 7.89. The van der Waals surface area contributed by atoms with Gasteiger partial charge in [0.1, 0.15) is 0 Å². The smallest absolute Gasteiger partial charge is 0.314 e. The Morgan fingerprint density at radius 2 is 1.89 bits per heavy atom. The summed E-state index contributed by atoms with van der Waals surface area (Å²) in [5, 5.41) is 10.1. The van der Waals surface area contributed by atoms with Gasteiger partial charge >= 0.3 is 6.03 Å². The van der Waals surface area contributed by atoms with E-state index in [2.05, 4.69) is 29.4 Å². The topological polar surface area (TPSA) is 105 Å². The van der Waals surface area contributed by atoms with Crippen LogP contribution in [0.25, 0.3) is 0 Å². The van der Waals surface area contributed by atoms with Crippen molar-refractivity contribution in [3.63, 3.8) is 0 Å². The van der Waals surface area contributed by atoms with Crippen LogP contribution < -0.4 is 15.8 Å². The van der Waals surface area contributed by atoms with Gasteiger partial charge in [0.15, 0.2) is 0 Å². The molecule has 0 rings (SSSR count). The molecule has 0 aliphatic carbocycles. The van der Waals surface area contributed by atoms with Crippen molar-refractivity contribution in [1.82, 2.24) is 15.5 Å². The molecule has 0 unspecified atom stereocenters. The minimum Gasteiger partial charge on any atom is -0.338 e. The minimum absolute atomic E-state index is 0.121. The van der Waals surface area contributed by atoms with E-state index in [1.807, 2.05) is 7.05 Å². The van der Waals surface area contributed by atoms with Gasteiger partial charge in [-0.25, -0.2) is 18.4 Å². The molecule has 0 aliphatic rings. The normalized spacial score (nSPS) is 13.3. The van der Waals surface area contributed by atoms with E-state index in [1.165, 1.54) is 0 Å². The average molecular weight is 294 g/mol. The van der Waals surface area contributed by atoms with Crippen molar-refractivity contribution in [2.45, 2.75) is 32.7 Å². The van der Waals surface area contributed by atoms with Crippen LogP contribution in [-0.2, 0) is 10.0 Å².